The normalized spacial score (nSPS) is 34.5. The van der Waals surface area contributed by atoms with Crippen molar-refractivity contribution >= 4 is 27.8 Å². The standard InChI is InChI=1S/C18H18BrNO4/c1-10(11-3-5-12(19)6-4-11)20-9-18-8-7-13(24-18)14(17(22)23-2)15(18)16(20)21/h3-8,10,13-15H,9H2,1-2H3/t10-,13-,14+,15+,18-/m0/s1. The van der Waals surface area contributed by atoms with Crippen molar-refractivity contribution in [1.82, 2.24) is 4.90 Å². The number of hydrogen-bond acceptors (Lipinski definition) is 4. The number of amides is 1. The van der Waals surface area contributed by atoms with Crippen LogP contribution in [0.4, 0.5) is 0 Å². The van der Waals surface area contributed by atoms with Gasteiger partial charge in [0, 0.05) is 4.47 Å². The Balaban J connectivity index is 1.65. The second kappa shape index (κ2) is 5.43. The van der Waals surface area contributed by atoms with Gasteiger partial charge in [-0.15, -0.1) is 0 Å². The van der Waals surface area contributed by atoms with E-state index >= 15 is 0 Å². The van der Waals surface area contributed by atoms with Gasteiger partial charge in [0.1, 0.15) is 11.5 Å². The Morgan fingerprint density at radius 2 is 2.12 bits per heavy atom. The molecule has 2 saturated heterocycles. The minimum Gasteiger partial charge on any atom is -0.469 e. The number of nitrogens with zero attached hydrogens (tertiary/aromatic N) is 1. The zero-order valence-electron chi connectivity index (χ0n) is 13.4. The number of hydrogen-bond donors (Lipinski definition) is 0. The number of methoxy groups -OCH3 is 1. The highest BCUT2D eigenvalue weighted by Crippen LogP contribution is 2.53. The molecule has 2 fully saturated rings. The van der Waals surface area contributed by atoms with Gasteiger partial charge in [-0.3, -0.25) is 9.59 Å². The van der Waals surface area contributed by atoms with Crippen LogP contribution in [0.15, 0.2) is 40.9 Å². The Hall–Kier alpha value is -1.66. The van der Waals surface area contributed by atoms with Crippen molar-refractivity contribution in [3.05, 3.63) is 46.5 Å². The lowest BCUT2D eigenvalue weighted by Gasteiger charge is -2.27. The Morgan fingerprint density at radius 1 is 1.42 bits per heavy atom. The number of carbonyl (C=O) groups excluding carboxylic acids is 2. The first kappa shape index (κ1) is 15.8. The Bertz CT molecular complexity index is 731. The van der Waals surface area contributed by atoms with Gasteiger partial charge in [0.15, 0.2) is 0 Å². The van der Waals surface area contributed by atoms with Crippen LogP contribution in [0.25, 0.3) is 0 Å². The van der Waals surface area contributed by atoms with Gasteiger partial charge in [0.25, 0.3) is 0 Å². The summed E-state index contributed by atoms with van der Waals surface area (Å²) in [6, 6.07) is 7.84. The van der Waals surface area contributed by atoms with E-state index in [1.54, 1.807) is 0 Å². The molecule has 1 aromatic carbocycles. The predicted molar refractivity (Wildman–Crippen MR) is 90.0 cm³/mol. The molecule has 0 N–H and O–H groups in total. The molecule has 0 aromatic heterocycles. The number of fused-ring (bicyclic) bond motifs is 1. The number of rotatable bonds is 3. The number of carbonyl (C=O) groups is 2. The van der Waals surface area contributed by atoms with Crippen LogP contribution < -0.4 is 0 Å². The summed E-state index contributed by atoms with van der Waals surface area (Å²) in [5.74, 6) is -1.44. The maximum atomic E-state index is 13.1. The number of esters is 1. The summed E-state index contributed by atoms with van der Waals surface area (Å²) in [5.41, 5.74) is 0.362. The van der Waals surface area contributed by atoms with Crippen LogP contribution in [0, 0.1) is 11.8 Å². The molecule has 1 spiro atoms. The lowest BCUT2D eigenvalue weighted by molar-refractivity contribution is -0.151. The molecule has 0 unspecified atom stereocenters. The molecule has 4 rings (SSSR count). The highest BCUT2D eigenvalue weighted by molar-refractivity contribution is 9.10. The van der Waals surface area contributed by atoms with Gasteiger partial charge < -0.3 is 14.4 Å². The van der Waals surface area contributed by atoms with Crippen molar-refractivity contribution in [3.8, 4) is 0 Å². The van der Waals surface area contributed by atoms with Crippen molar-refractivity contribution < 1.29 is 19.1 Å². The first-order chi connectivity index (χ1) is 11.5. The molecule has 3 aliphatic heterocycles. The molecule has 3 aliphatic rings. The first-order valence-corrected chi connectivity index (χ1v) is 8.77. The fourth-order valence-electron chi connectivity index (χ4n) is 4.18. The van der Waals surface area contributed by atoms with Crippen molar-refractivity contribution in [3.63, 3.8) is 0 Å². The summed E-state index contributed by atoms with van der Waals surface area (Å²) < 4.78 is 11.9. The van der Waals surface area contributed by atoms with E-state index in [1.807, 2.05) is 48.2 Å². The van der Waals surface area contributed by atoms with E-state index in [2.05, 4.69) is 15.9 Å². The third-order valence-electron chi connectivity index (χ3n) is 5.42. The molecule has 5 atom stereocenters. The molecule has 1 amide bonds. The lowest BCUT2D eigenvalue weighted by Crippen LogP contribution is -2.39. The zero-order chi connectivity index (χ0) is 17.1. The highest BCUT2D eigenvalue weighted by atomic mass is 79.9. The topological polar surface area (TPSA) is 55.8 Å². The van der Waals surface area contributed by atoms with E-state index in [0.29, 0.717) is 6.54 Å². The minimum atomic E-state index is -0.690. The van der Waals surface area contributed by atoms with E-state index in [0.717, 1.165) is 10.0 Å². The molecule has 0 radical (unpaired) electrons. The quantitative estimate of drug-likeness (QED) is 0.586. The molecule has 1 aromatic rings. The highest BCUT2D eigenvalue weighted by Gasteiger charge is 2.67. The average molecular weight is 392 g/mol. The van der Waals surface area contributed by atoms with Crippen LogP contribution in [0.2, 0.25) is 0 Å². The van der Waals surface area contributed by atoms with Gasteiger partial charge in [-0.2, -0.15) is 0 Å². The number of halogens is 1. The second-order valence-corrected chi connectivity index (χ2v) is 7.53. The number of benzene rings is 1. The van der Waals surface area contributed by atoms with Crippen molar-refractivity contribution in [1.29, 1.82) is 0 Å². The molecule has 2 bridgehead atoms. The third kappa shape index (κ3) is 2.09. The van der Waals surface area contributed by atoms with Crippen LogP contribution in [-0.4, -0.2) is 42.1 Å². The SMILES string of the molecule is COC(=O)[C@@H]1[C@@H]2C=C[C@@]3(CN([C@@H](C)c4ccc(Br)cc4)C(=O)[C@@H]13)O2. The average Bonchev–Trinajstić information content (AvgIpc) is 3.22. The Labute approximate surface area is 148 Å². The van der Waals surface area contributed by atoms with Gasteiger partial charge in [-0.25, -0.2) is 0 Å². The molecule has 3 heterocycles. The maximum Gasteiger partial charge on any atom is 0.312 e. The van der Waals surface area contributed by atoms with Gasteiger partial charge in [-0.1, -0.05) is 40.2 Å². The molecular weight excluding hydrogens is 374 g/mol. The molecule has 0 aliphatic carbocycles. The smallest absolute Gasteiger partial charge is 0.312 e. The van der Waals surface area contributed by atoms with Crippen LogP contribution in [0.3, 0.4) is 0 Å². The minimum absolute atomic E-state index is 0.0346. The van der Waals surface area contributed by atoms with Crippen LogP contribution in [-0.2, 0) is 19.1 Å². The van der Waals surface area contributed by atoms with E-state index in [9.17, 15) is 9.59 Å². The van der Waals surface area contributed by atoms with Crippen molar-refractivity contribution in [2.24, 2.45) is 11.8 Å². The van der Waals surface area contributed by atoms with E-state index in [4.69, 9.17) is 9.47 Å². The lowest BCUT2D eigenvalue weighted by atomic mass is 9.77. The van der Waals surface area contributed by atoms with Crippen LogP contribution in [0.5, 0.6) is 0 Å². The zero-order valence-corrected chi connectivity index (χ0v) is 15.0. The van der Waals surface area contributed by atoms with Gasteiger partial charge in [0.05, 0.1) is 31.7 Å². The number of ether oxygens (including phenoxy) is 2. The van der Waals surface area contributed by atoms with Crippen LogP contribution in [0.1, 0.15) is 18.5 Å². The monoisotopic (exact) mass is 391 g/mol. The first-order valence-electron chi connectivity index (χ1n) is 7.98. The van der Waals surface area contributed by atoms with Crippen molar-refractivity contribution in [2.75, 3.05) is 13.7 Å². The van der Waals surface area contributed by atoms with E-state index in [1.165, 1.54) is 7.11 Å². The van der Waals surface area contributed by atoms with Gasteiger partial charge in [0.2, 0.25) is 5.91 Å². The maximum absolute atomic E-state index is 13.1. The molecule has 126 valence electrons. The van der Waals surface area contributed by atoms with Crippen molar-refractivity contribution in [2.45, 2.75) is 24.7 Å². The van der Waals surface area contributed by atoms with Gasteiger partial charge >= 0.3 is 5.97 Å². The summed E-state index contributed by atoms with van der Waals surface area (Å²) in [7, 11) is 1.35. The number of likely N-dealkylation sites (tertiary alicyclic amines) is 1. The van der Waals surface area contributed by atoms with E-state index in [-0.39, 0.29) is 24.0 Å². The fraction of sp³-hybridized carbons (Fsp3) is 0.444. The summed E-state index contributed by atoms with van der Waals surface area (Å²) in [6.45, 7) is 2.47. The molecular formula is C18H18BrNO4. The Kier molecular flexibility index (Phi) is 3.58. The third-order valence-corrected chi connectivity index (χ3v) is 5.95. The summed E-state index contributed by atoms with van der Waals surface area (Å²) >= 11 is 3.43. The van der Waals surface area contributed by atoms with Crippen LogP contribution >= 0.6 is 15.9 Å². The Morgan fingerprint density at radius 3 is 2.79 bits per heavy atom. The summed E-state index contributed by atoms with van der Waals surface area (Å²) in [4.78, 5) is 27.1. The largest absolute Gasteiger partial charge is 0.469 e. The molecule has 0 saturated carbocycles. The fourth-order valence-corrected chi connectivity index (χ4v) is 4.45. The van der Waals surface area contributed by atoms with E-state index < -0.39 is 17.4 Å². The molecule has 24 heavy (non-hydrogen) atoms. The second-order valence-electron chi connectivity index (χ2n) is 6.62. The van der Waals surface area contributed by atoms with Gasteiger partial charge in [-0.05, 0) is 24.6 Å². The molecule has 5 nitrogen and oxygen atoms in total. The predicted octanol–water partition coefficient (Wildman–Crippen LogP) is 2.47. The summed E-state index contributed by atoms with van der Waals surface area (Å²) in [6.07, 6.45) is 3.49. The molecule has 6 heteroatoms. The summed E-state index contributed by atoms with van der Waals surface area (Å²) in [5, 5.41) is 0.